The van der Waals surface area contributed by atoms with Gasteiger partial charge in [0.1, 0.15) is 0 Å². The van der Waals surface area contributed by atoms with Gasteiger partial charge in [-0.25, -0.2) is 0 Å². The lowest BCUT2D eigenvalue weighted by Crippen LogP contribution is -2.42. The van der Waals surface area contributed by atoms with Crippen molar-refractivity contribution in [3.8, 4) is 0 Å². The van der Waals surface area contributed by atoms with E-state index in [4.69, 9.17) is 0 Å². The third-order valence-corrected chi connectivity index (χ3v) is 3.03. The topological polar surface area (TPSA) is 36.4 Å². The van der Waals surface area contributed by atoms with E-state index in [9.17, 15) is 13.2 Å². The second-order valence-electron chi connectivity index (χ2n) is 5.11. The molecule has 0 saturated carbocycles. The van der Waals surface area contributed by atoms with E-state index in [1.807, 2.05) is 0 Å². The standard InChI is InChI=1S/C14H28F3N3/c1-4-5-6-9-12(2)20-13(18-3)19-11-8-7-10-14(15,16)17/h12H,4-11H2,1-3H3,(H2,18,19,20). The van der Waals surface area contributed by atoms with Crippen LogP contribution in [-0.4, -0.2) is 31.8 Å². The van der Waals surface area contributed by atoms with Crippen LogP contribution in [0, 0.1) is 0 Å². The van der Waals surface area contributed by atoms with E-state index in [1.165, 1.54) is 19.3 Å². The zero-order valence-electron chi connectivity index (χ0n) is 12.8. The molecule has 1 atom stereocenters. The zero-order valence-corrected chi connectivity index (χ0v) is 12.8. The molecule has 0 aliphatic heterocycles. The fourth-order valence-corrected chi connectivity index (χ4v) is 1.86. The fraction of sp³-hybridized carbons (Fsp3) is 0.929. The van der Waals surface area contributed by atoms with E-state index in [0.29, 0.717) is 25.0 Å². The van der Waals surface area contributed by atoms with Gasteiger partial charge in [-0.3, -0.25) is 4.99 Å². The predicted octanol–water partition coefficient (Wildman–Crippen LogP) is 3.85. The highest BCUT2D eigenvalue weighted by atomic mass is 19.4. The van der Waals surface area contributed by atoms with Crippen molar-refractivity contribution < 1.29 is 13.2 Å². The van der Waals surface area contributed by atoms with Crippen LogP contribution >= 0.6 is 0 Å². The fourth-order valence-electron chi connectivity index (χ4n) is 1.86. The van der Waals surface area contributed by atoms with Gasteiger partial charge in [-0.1, -0.05) is 26.2 Å². The van der Waals surface area contributed by atoms with Crippen molar-refractivity contribution in [2.45, 2.75) is 71.0 Å². The first-order chi connectivity index (χ1) is 9.39. The van der Waals surface area contributed by atoms with Gasteiger partial charge in [0.25, 0.3) is 0 Å². The molecule has 0 bridgehead atoms. The summed E-state index contributed by atoms with van der Waals surface area (Å²) in [7, 11) is 1.67. The maximum absolute atomic E-state index is 12.0. The molecule has 0 rings (SSSR count). The first kappa shape index (κ1) is 19.1. The van der Waals surface area contributed by atoms with Gasteiger partial charge in [0.2, 0.25) is 0 Å². The van der Waals surface area contributed by atoms with Crippen molar-refractivity contribution in [3.05, 3.63) is 0 Å². The van der Waals surface area contributed by atoms with Crippen molar-refractivity contribution in [2.75, 3.05) is 13.6 Å². The van der Waals surface area contributed by atoms with E-state index in [0.717, 1.165) is 6.42 Å². The predicted molar refractivity (Wildman–Crippen MR) is 78.0 cm³/mol. The third-order valence-electron chi connectivity index (χ3n) is 3.03. The van der Waals surface area contributed by atoms with Crippen molar-refractivity contribution in [1.82, 2.24) is 10.6 Å². The normalized spacial score (nSPS) is 14.2. The molecule has 6 heteroatoms. The lowest BCUT2D eigenvalue weighted by Gasteiger charge is -2.17. The van der Waals surface area contributed by atoms with Gasteiger partial charge in [0, 0.05) is 26.1 Å². The number of guanidine groups is 1. The number of hydrogen-bond acceptors (Lipinski definition) is 1. The summed E-state index contributed by atoms with van der Waals surface area (Å²) < 4.78 is 35.9. The largest absolute Gasteiger partial charge is 0.389 e. The Morgan fingerprint density at radius 3 is 2.40 bits per heavy atom. The zero-order chi connectivity index (χ0) is 15.4. The molecule has 0 saturated heterocycles. The molecule has 0 amide bonds. The third kappa shape index (κ3) is 12.1. The Kier molecular flexibility index (Phi) is 10.3. The van der Waals surface area contributed by atoms with Crippen molar-refractivity contribution in [1.29, 1.82) is 0 Å². The number of nitrogens with zero attached hydrogens (tertiary/aromatic N) is 1. The Balaban J connectivity index is 3.72. The molecule has 0 radical (unpaired) electrons. The van der Waals surface area contributed by atoms with E-state index >= 15 is 0 Å². The maximum atomic E-state index is 12.0. The highest BCUT2D eigenvalue weighted by Crippen LogP contribution is 2.21. The summed E-state index contributed by atoms with van der Waals surface area (Å²) in [6.07, 6.45) is 0.538. The molecule has 120 valence electrons. The molecule has 20 heavy (non-hydrogen) atoms. The van der Waals surface area contributed by atoms with Crippen LogP contribution < -0.4 is 10.6 Å². The van der Waals surface area contributed by atoms with E-state index in [-0.39, 0.29) is 6.42 Å². The minimum atomic E-state index is -4.05. The first-order valence-electron chi connectivity index (χ1n) is 7.43. The van der Waals surface area contributed by atoms with Gasteiger partial charge >= 0.3 is 6.18 Å². The molecule has 0 aromatic rings. The van der Waals surface area contributed by atoms with Crippen LogP contribution in [-0.2, 0) is 0 Å². The molecule has 0 aliphatic rings. The Bertz CT molecular complexity index is 265. The molecular weight excluding hydrogens is 267 g/mol. The van der Waals surface area contributed by atoms with Gasteiger partial charge in [-0.2, -0.15) is 13.2 Å². The van der Waals surface area contributed by atoms with E-state index in [1.54, 1.807) is 7.05 Å². The SMILES string of the molecule is CCCCCC(C)NC(=NC)NCCCCC(F)(F)F. The second-order valence-corrected chi connectivity index (χ2v) is 5.11. The Labute approximate surface area is 120 Å². The van der Waals surface area contributed by atoms with Gasteiger partial charge < -0.3 is 10.6 Å². The smallest absolute Gasteiger partial charge is 0.356 e. The van der Waals surface area contributed by atoms with Crippen molar-refractivity contribution >= 4 is 5.96 Å². The molecular formula is C14H28F3N3. The molecule has 0 heterocycles. The summed E-state index contributed by atoms with van der Waals surface area (Å²) in [5, 5.41) is 6.30. The summed E-state index contributed by atoms with van der Waals surface area (Å²) >= 11 is 0. The summed E-state index contributed by atoms with van der Waals surface area (Å²) in [5.41, 5.74) is 0. The minimum absolute atomic E-state index is 0.152. The van der Waals surface area contributed by atoms with Crippen LogP contribution in [0.5, 0.6) is 0 Å². The molecule has 0 spiro atoms. The van der Waals surface area contributed by atoms with Crippen LogP contribution in [0.4, 0.5) is 13.2 Å². The molecule has 0 aliphatic carbocycles. The number of unbranched alkanes of at least 4 members (excludes halogenated alkanes) is 3. The highest BCUT2D eigenvalue weighted by molar-refractivity contribution is 5.79. The summed E-state index contributed by atoms with van der Waals surface area (Å²) in [6.45, 7) is 4.77. The van der Waals surface area contributed by atoms with Gasteiger partial charge in [-0.15, -0.1) is 0 Å². The molecule has 0 fully saturated rings. The van der Waals surface area contributed by atoms with Crippen LogP contribution in [0.15, 0.2) is 4.99 Å². The summed E-state index contributed by atoms with van der Waals surface area (Å²) in [4.78, 5) is 4.07. The molecule has 1 unspecified atom stereocenters. The lowest BCUT2D eigenvalue weighted by atomic mass is 10.1. The number of alkyl halides is 3. The second kappa shape index (κ2) is 10.8. The average Bonchev–Trinajstić information content (AvgIpc) is 2.36. The number of aliphatic imine (C=N–C) groups is 1. The number of hydrogen-bond donors (Lipinski definition) is 2. The highest BCUT2D eigenvalue weighted by Gasteiger charge is 2.25. The number of rotatable bonds is 9. The summed E-state index contributed by atoms with van der Waals surface area (Å²) in [6, 6.07) is 0.322. The van der Waals surface area contributed by atoms with Gasteiger partial charge in [0.05, 0.1) is 0 Å². The van der Waals surface area contributed by atoms with Crippen molar-refractivity contribution in [2.24, 2.45) is 4.99 Å². The molecule has 3 nitrogen and oxygen atoms in total. The molecule has 2 N–H and O–H groups in total. The monoisotopic (exact) mass is 295 g/mol. The maximum Gasteiger partial charge on any atom is 0.389 e. The molecule has 0 aromatic heterocycles. The van der Waals surface area contributed by atoms with Crippen LogP contribution in [0.1, 0.15) is 58.8 Å². The first-order valence-corrected chi connectivity index (χ1v) is 7.43. The van der Waals surface area contributed by atoms with Gasteiger partial charge in [0.15, 0.2) is 5.96 Å². The Morgan fingerprint density at radius 1 is 1.15 bits per heavy atom. The quantitative estimate of drug-likeness (QED) is 0.385. The Hall–Kier alpha value is -0.940. The lowest BCUT2D eigenvalue weighted by molar-refractivity contribution is -0.135. The van der Waals surface area contributed by atoms with Crippen LogP contribution in [0.25, 0.3) is 0 Å². The Morgan fingerprint density at radius 2 is 1.85 bits per heavy atom. The summed E-state index contributed by atoms with van der Waals surface area (Å²) in [5.74, 6) is 0.668. The van der Waals surface area contributed by atoms with Crippen LogP contribution in [0.3, 0.4) is 0 Å². The van der Waals surface area contributed by atoms with E-state index < -0.39 is 12.6 Å². The van der Waals surface area contributed by atoms with Crippen molar-refractivity contribution in [3.63, 3.8) is 0 Å². The average molecular weight is 295 g/mol. The molecule has 0 aromatic carbocycles. The van der Waals surface area contributed by atoms with Crippen LogP contribution in [0.2, 0.25) is 0 Å². The number of halogens is 3. The van der Waals surface area contributed by atoms with E-state index in [2.05, 4.69) is 29.5 Å². The van der Waals surface area contributed by atoms with Gasteiger partial charge in [-0.05, 0) is 26.2 Å². The minimum Gasteiger partial charge on any atom is -0.356 e. The number of nitrogens with one attached hydrogen (secondary N) is 2.